The maximum absolute atomic E-state index is 4.82. The number of nitrogens with one attached hydrogen (secondary N) is 1. The summed E-state index contributed by atoms with van der Waals surface area (Å²) in [7, 11) is 0. The summed E-state index contributed by atoms with van der Waals surface area (Å²) in [4.78, 5) is 7.25. The molecule has 1 fully saturated rings. The van der Waals surface area contributed by atoms with Crippen molar-refractivity contribution in [1.82, 2.24) is 10.3 Å². The third-order valence-corrected chi connectivity index (χ3v) is 4.08. The molecule has 1 atom stereocenters. The topological polar surface area (TPSA) is 28.2 Å². The van der Waals surface area contributed by atoms with E-state index in [4.69, 9.17) is 4.98 Å². The second-order valence-corrected chi connectivity index (χ2v) is 7.33. The second kappa shape index (κ2) is 6.13. The minimum atomic E-state index is 0.133. The van der Waals surface area contributed by atoms with E-state index in [-0.39, 0.29) is 5.54 Å². The fourth-order valence-corrected chi connectivity index (χ4v) is 2.64. The van der Waals surface area contributed by atoms with Crippen molar-refractivity contribution in [2.75, 3.05) is 18.0 Å². The Labute approximate surface area is 123 Å². The van der Waals surface area contributed by atoms with Crippen LogP contribution in [0.3, 0.4) is 0 Å². The lowest BCUT2D eigenvalue weighted by atomic mass is 9.95. The van der Waals surface area contributed by atoms with Crippen LogP contribution in [0.2, 0.25) is 0 Å². The van der Waals surface area contributed by atoms with E-state index < -0.39 is 0 Å². The van der Waals surface area contributed by atoms with Crippen LogP contribution in [-0.2, 0) is 6.54 Å². The van der Waals surface area contributed by atoms with E-state index in [1.165, 1.54) is 6.42 Å². The number of pyridine rings is 1. The van der Waals surface area contributed by atoms with E-state index in [0.29, 0.717) is 0 Å². The second-order valence-electron chi connectivity index (χ2n) is 7.33. The van der Waals surface area contributed by atoms with Gasteiger partial charge in [0.1, 0.15) is 5.82 Å². The Morgan fingerprint density at radius 2 is 2.10 bits per heavy atom. The summed E-state index contributed by atoms with van der Waals surface area (Å²) in [6.07, 6.45) is 1.30. The molecule has 0 aromatic carbocycles. The monoisotopic (exact) mass is 275 g/mol. The molecule has 1 aromatic rings. The Hall–Kier alpha value is -1.09. The zero-order valence-corrected chi connectivity index (χ0v) is 13.6. The fourth-order valence-electron chi connectivity index (χ4n) is 2.64. The predicted molar refractivity (Wildman–Crippen MR) is 86.0 cm³/mol. The lowest BCUT2D eigenvalue weighted by Crippen LogP contribution is -2.35. The summed E-state index contributed by atoms with van der Waals surface area (Å²) in [5.41, 5.74) is 1.26. The molecule has 2 rings (SSSR count). The van der Waals surface area contributed by atoms with Gasteiger partial charge in [-0.1, -0.05) is 19.9 Å². The molecule has 0 amide bonds. The summed E-state index contributed by atoms with van der Waals surface area (Å²) < 4.78 is 0. The molecule has 3 heteroatoms. The molecule has 0 aliphatic carbocycles. The minimum Gasteiger partial charge on any atom is -0.356 e. The molecule has 0 radical (unpaired) electrons. The molecule has 1 aromatic heterocycles. The normalized spacial score (nSPS) is 19.9. The van der Waals surface area contributed by atoms with Crippen LogP contribution in [-0.4, -0.2) is 23.6 Å². The summed E-state index contributed by atoms with van der Waals surface area (Å²) in [6, 6.07) is 6.38. The average Bonchev–Trinajstić information content (AvgIpc) is 2.86. The maximum Gasteiger partial charge on any atom is 0.128 e. The van der Waals surface area contributed by atoms with Gasteiger partial charge in [-0.15, -0.1) is 0 Å². The maximum atomic E-state index is 4.82. The Kier molecular flexibility index (Phi) is 4.69. The van der Waals surface area contributed by atoms with Crippen molar-refractivity contribution in [1.29, 1.82) is 0 Å². The summed E-state index contributed by atoms with van der Waals surface area (Å²) in [6.45, 7) is 14.3. The van der Waals surface area contributed by atoms with Crippen molar-refractivity contribution >= 4 is 5.82 Å². The van der Waals surface area contributed by atoms with Gasteiger partial charge in [-0.2, -0.15) is 0 Å². The van der Waals surface area contributed by atoms with Crippen LogP contribution < -0.4 is 10.2 Å². The smallest absolute Gasteiger partial charge is 0.128 e. The summed E-state index contributed by atoms with van der Waals surface area (Å²) in [5.74, 6) is 2.72. The van der Waals surface area contributed by atoms with Gasteiger partial charge in [0.15, 0.2) is 0 Å². The molecule has 1 saturated heterocycles. The van der Waals surface area contributed by atoms with Crippen molar-refractivity contribution in [3.05, 3.63) is 23.9 Å². The van der Waals surface area contributed by atoms with Crippen molar-refractivity contribution in [3.63, 3.8) is 0 Å². The zero-order valence-electron chi connectivity index (χ0n) is 13.6. The third-order valence-electron chi connectivity index (χ3n) is 4.08. The van der Waals surface area contributed by atoms with Gasteiger partial charge in [0.2, 0.25) is 0 Å². The molecule has 0 spiro atoms. The van der Waals surface area contributed by atoms with Crippen LogP contribution in [0.15, 0.2) is 18.2 Å². The molecular weight excluding hydrogens is 246 g/mol. The molecule has 1 aliphatic rings. The van der Waals surface area contributed by atoms with Gasteiger partial charge in [-0.25, -0.2) is 4.98 Å². The van der Waals surface area contributed by atoms with E-state index >= 15 is 0 Å². The fraction of sp³-hybridized carbons (Fsp3) is 0.706. The molecule has 0 bridgehead atoms. The SMILES string of the molecule is CC(C)C1CCN(c2cccc(CNC(C)(C)C)n2)C1. The molecule has 2 heterocycles. The lowest BCUT2D eigenvalue weighted by molar-refractivity contribution is 0.420. The van der Waals surface area contributed by atoms with Gasteiger partial charge in [0.05, 0.1) is 5.69 Å². The highest BCUT2D eigenvalue weighted by molar-refractivity contribution is 5.40. The van der Waals surface area contributed by atoms with Crippen molar-refractivity contribution in [3.8, 4) is 0 Å². The largest absolute Gasteiger partial charge is 0.356 e. The van der Waals surface area contributed by atoms with Gasteiger partial charge < -0.3 is 10.2 Å². The highest BCUT2D eigenvalue weighted by atomic mass is 15.2. The minimum absolute atomic E-state index is 0.133. The van der Waals surface area contributed by atoms with Crippen LogP contribution in [0.25, 0.3) is 0 Å². The first-order valence-corrected chi connectivity index (χ1v) is 7.81. The van der Waals surface area contributed by atoms with Gasteiger partial charge in [0, 0.05) is 25.2 Å². The number of rotatable bonds is 4. The molecule has 1 unspecified atom stereocenters. The lowest BCUT2D eigenvalue weighted by Gasteiger charge is -2.22. The van der Waals surface area contributed by atoms with Crippen LogP contribution in [0, 0.1) is 11.8 Å². The van der Waals surface area contributed by atoms with E-state index in [9.17, 15) is 0 Å². The molecule has 1 aliphatic heterocycles. The number of hydrogen-bond acceptors (Lipinski definition) is 3. The van der Waals surface area contributed by atoms with E-state index in [1.807, 2.05) is 0 Å². The van der Waals surface area contributed by atoms with Crippen LogP contribution in [0.1, 0.15) is 46.7 Å². The van der Waals surface area contributed by atoms with Crippen LogP contribution in [0.4, 0.5) is 5.82 Å². The highest BCUT2D eigenvalue weighted by Crippen LogP contribution is 2.27. The molecule has 112 valence electrons. The van der Waals surface area contributed by atoms with E-state index in [1.54, 1.807) is 0 Å². The molecule has 1 N–H and O–H groups in total. The van der Waals surface area contributed by atoms with E-state index in [2.05, 4.69) is 63.0 Å². The van der Waals surface area contributed by atoms with Gasteiger partial charge in [0.25, 0.3) is 0 Å². The quantitative estimate of drug-likeness (QED) is 0.912. The number of aromatic nitrogens is 1. The third kappa shape index (κ3) is 4.20. The van der Waals surface area contributed by atoms with Crippen molar-refractivity contribution in [2.45, 2.75) is 53.1 Å². The standard InChI is InChI=1S/C17H29N3/c1-13(2)14-9-10-20(12-14)16-8-6-7-15(19-16)11-18-17(3,4)5/h6-8,13-14,18H,9-12H2,1-5H3. The molecule has 20 heavy (non-hydrogen) atoms. The Bertz CT molecular complexity index is 434. The average molecular weight is 275 g/mol. The van der Waals surface area contributed by atoms with Crippen LogP contribution >= 0.6 is 0 Å². The van der Waals surface area contributed by atoms with Crippen LogP contribution in [0.5, 0.6) is 0 Å². The zero-order chi connectivity index (χ0) is 14.8. The Morgan fingerprint density at radius 1 is 1.35 bits per heavy atom. The van der Waals surface area contributed by atoms with Gasteiger partial charge in [-0.05, 0) is 51.2 Å². The summed E-state index contributed by atoms with van der Waals surface area (Å²) in [5, 5.41) is 3.50. The van der Waals surface area contributed by atoms with Crippen molar-refractivity contribution < 1.29 is 0 Å². The highest BCUT2D eigenvalue weighted by Gasteiger charge is 2.25. The Balaban J connectivity index is 2.00. The first-order valence-electron chi connectivity index (χ1n) is 7.81. The molecule has 3 nitrogen and oxygen atoms in total. The number of anilines is 1. The van der Waals surface area contributed by atoms with Gasteiger partial charge >= 0.3 is 0 Å². The van der Waals surface area contributed by atoms with E-state index in [0.717, 1.165) is 43.0 Å². The first kappa shape index (κ1) is 15.3. The Morgan fingerprint density at radius 3 is 2.70 bits per heavy atom. The molecule has 0 saturated carbocycles. The number of hydrogen-bond donors (Lipinski definition) is 1. The molecular formula is C17H29N3. The first-order chi connectivity index (χ1) is 9.35. The summed E-state index contributed by atoms with van der Waals surface area (Å²) >= 11 is 0. The van der Waals surface area contributed by atoms with Gasteiger partial charge in [-0.3, -0.25) is 0 Å². The predicted octanol–water partition coefficient (Wildman–Crippen LogP) is 3.45. The van der Waals surface area contributed by atoms with Crippen molar-refractivity contribution in [2.24, 2.45) is 11.8 Å². The number of nitrogens with zero attached hydrogens (tertiary/aromatic N) is 2.